The average molecular weight is 189 g/mol. The van der Waals surface area contributed by atoms with E-state index in [0.29, 0.717) is 10.7 Å². The van der Waals surface area contributed by atoms with Gasteiger partial charge >= 0.3 is 0 Å². The van der Waals surface area contributed by atoms with Crippen LogP contribution in [-0.4, -0.2) is 9.97 Å². The maximum absolute atomic E-state index is 5.78. The van der Waals surface area contributed by atoms with Gasteiger partial charge in [0.2, 0.25) is 0 Å². The van der Waals surface area contributed by atoms with Crippen LogP contribution in [0.25, 0.3) is 11.0 Å². The molecule has 0 unspecified atom stereocenters. The largest absolute Gasteiger partial charge is 0.252 e. The quantitative estimate of drug-likeness (QED) is 0.593. The van der Waals surface area contributed by atoms with E-state index in [1.165, 1.54) is 0 Å². The van der Waals surface area contributed by atoms with Crippen LogP contribution in [0.1, 0.15) is 5.69 Å². The van der Waals surface area contributed by atoms with Crippen molar-refractivity contribution in [1.82, 2.24) is 9.97 Å². The molecule has 0 saturated heterocycles. The third-order valence-electron chi connectivity index (χ3n) is 1.65. The first-order valence-electron chi connectivity index (χ1n) is 3.68. The standard InChI is InChI=1S/C10H5ClN2/c1-2-8-6-12-10-5-7(11)3-4-9(10)13-8/h1,3-6H. The third-order valence-corrected chi connectivity index (χ3v) is 1.89. The smallest absolute Gasteiger partial charge is 0.131 e. The Hall–Kier alpha value is -1.59. The molecule has 62 valence electrons. The van der Waals surface area contributed by atoms with Crippen molar-refractivity contribution in [2.45, 2.75) is 0 Å². The van der Waals surface area contributed by atoms with Gasteiger partial charge in [0.1, 0.15) is 5.69 Å². The summed E-state index contributed by atoms with van der Waals surface area (Å²) in [5.74, 6) is 2.43. The highest BCUT2D eigenvalue weighted by molar-refractivity contribution is 6.31. The molecule has 3 heteroatoms. The predicted molar refractivity (Wildman–Crippen MR) is 52.5 cm³/mol. The molecule has 2 nitrogen and oxygen atoms in total. The Bertz CT molecular complexity index is 500. The number of fused-ring (bicyclic) bond motifs is 1. The fourth-order valence-electron chi connectivity index (χ4n) is 1.05. The highest BCUT2D eigenvalue weighted by atomic mass is 35.5. The van der Waals surface area contributed by atoms with E-state index in [2.05, 4.69) is 15.9 Å². The maximum Gasteiger partial charge on any atom is 0.131 e. The van der Waals surface area contributed by atoms with Crippen LogP contribution in [0.15, 0.2) is 24.4 Å². The van der Waals surface area contributed by atoms with Crippen molar-refractivity contribution >= 4 is 22.6 Å². The number of nitrogens with zero attached hydrogens (tertiary/aromatic N) is 2. The number of aromatic nitrogens is 2. The topological polar surface area (TPSA) is 25.8 Å². The average Bonchev–Trinajstić information content (AvgIpc) is 2.17. The number of benzene rings is 1. The van der Waals surface area contributed by atoms with Crippen molar-refractivity contribution in [3.05, 3.63) is 35.1 Å². The van der Waals surface area contributed by atoms with Crippen LogP contribution in [0.4, 0.5) is 0 Å². The van der Waals surface area contributed by atoms with Crippen LogP contribution in [0.2, 0.25) is 5.02 Å². The molecular formula is C10H5ClN2. The second-order valence-electron chi connectivity index (χ2n) is 2.53. The molecule has 1 heterocycles. The normalized spacial score (nSPS) is 9.85. The van der Waals surface area contributed by atoms with Crippen molar-refractivity contribution in [3.63, 3.8) is 0 Å². The highest BCUT2D eigenvalue weighted by Crippen LogP contribution is 2.15. The summed E-state index contributed by atoms with van der Waals surface area (Å²) in [7, 11) is 0. The lowest BCUT2D eigenvalue weighted by Crippen LogP contribution is -1.87. The first kappa shape index (κ1) is 8.03. The molecule has 0 spiro atoms. The summed E-state index contributed by atoms with van der Waals surface area (Å²) in [5, 5.41) is 0.648. The minimum Gasteiger partial charge on any atom is -0.252 e. The predicted octanol–water partition coefficient (Wildman–Crippen LogP) is 2.26. The van der Waals surface area contributed by atoms with Crippen LogP contribution < -0.4 is 0 Å². The Kier molecular flexibility index (Phi) is 1.88. The summed E-state index contributed by atoms with van der Waals surface area (Å²) in [5.41, 5.74) is 2.06. The Morgan fingerprint density at radius 1 is 1.31 bits per heavy atom. The Morgan fingerprint density at radius 2 is 2.15 bits per heavy atom. The molecule has 0 N–H and O–H groups in total. The number of hydrogen-bond acceptors (Lipinski definition) is 2. The first-order chi connectivity index (χ1) is 6.29. The van der Waals surface area contributed by atoms with E-state index in [9.17, 15) is 0 Å². The first-order valence-corrected chi connectivity index (χ1v) is 4.06. The lowest BCUT2D eigenvalue weighted by atomic mass is 10.3. The van der Waals surface area contributed by atoms with E-state index in [-0.39, 0.29) is 0 Å². The van der Waals surface area contributed by atoms with Crippen molar-refractivity contribution in [3.8, 4) is 12.3 Å². The summed E-state index contributed by atoms with van der Waals surface area (Å²) in [6, 6.07) is 5.31. The number of halogens is 1. The molecule has 0 atom stereocenters. The van der Waals surface area contributed by atoms with Crippen LogP contribution in [0.3, 0.4) is 0 Å². The molecule has 0 aliphatic rings. The molecule has 13 heavy (non-hydrogen) atoms. The SMILES string of the molecule is C#Cc1cnc2cc(Cl)ccc2n1. The Balaban J connectivity index is 2.75. The van der Waals surface area contributed by atoms with Gasteiger partial charge in [-0.25, -0.2) is 4.98 Å². The number of rotatable bonds is 0. The molecule has 0 bridgehead atoms. The molecule has 1 aromatic carbocycles. The molecule has 0 saturated carbocycles. The zero-order chi connectivity index (χ0) is 9.26. The molecule has 2 rings (SSSR count). The van der Waals surface area contributed by atoms with Crippen LogP contribution >= 0.6 is 11.6 Å². The van der Waals surface area contributed by atoms with Crippen LogP contribution in [0.5, 0.6) is 0 Å². The molecule has 0 aliphatic heterocycles. The van der Waals surface area contributed by atoms with Gasteiger partial charge in [-0.05, 0) is 24.1 Å². The molecule has 2 aromatic rings. The number of hydrogen-bond donors (Lipinski definition) is 0. The fourth-order valence-corrected chi connectivity index (χ4v) is 1.22. The van der Waals surface area contributed by atoms with E-state index < -0.39 is 0 Å². The van der Waals surface area contributed by atoms with Gasteiger partial charge in [-0.3, -0.25) is 4.98 Å². The zero-order valence-electron chi connectivity index (χ0n) is 6.66. The number of terminal acetylenes is 1. The zero-order valence-corrected chi connectivity index (χ0v) is 7.42. The summed E-state index contributed by atoms with van der Waals surface area (Å²) < 4.78 is 0. The Labute approximate surface area is 80.6 Å². The van der Waals surface area contributed by atoms with E-state index in [1.54, 1.807) is 24.4 Å². The van der Waals surface area contributed by atoms with Gasteiger partial charge < -0.3 is 0 Å². The van der Waals surface area contributed by atoms with Gasteiger partial charge in [-0.15, -0.1) is 6.42 Å². The lowest BCUT2D eigenvalue weighted by Gasteiger charge is -1.96. The molecule has 0 aliphatic carbocycles. The van der Waals surface area contributed by atoms with E-state index in [1.807, 2.05) is 0 Å². The van der Waals surface area contributed by atoms with Crippen LogP contribution in [0, 0.1) is 12.3 Å². The third kappa shape index (κ3) is 1.47. The van der Waals surface area contributed by atoms with E-state index in [0.717, 1.165) is 11.0 Å². The highest BCUT2D eigenvalue weighted by Gasteiger charge is 1.97. The molecule has 0 fully saturated rings. The summed E-state index contributed by atoms with van der Waals surface area (Å²) >= 11 is 5.78. The van der Waals surface area contributed by atoms with Crippen molar-refractivity contribution < 1.29 is 0 Å². The summed E-state index contributed by atoms with van der Waals surface area (Å²) in [6.07, 6.45) is 6.75. The van der Waals surface area contributed by atoms with Gasteiger partial charge in [-0.1, -0.05) is 11.6 Å². The van der Waals surface area contributed by atoms with Crippen molar-refractivity contribution in [2.75, 3.05) is 0 Å². The molecule has 0 radical (unpaired) electrons. The van der Waals surface area contributed by atoms with Gasteiger partial charge in [0.25, 0.3) is 0 Å². The molecule has 0 amide bonds. The molecular weight excluding hydrogens is 184 g/mol. The van der Waals surface area contributed by atoms with E-state index in [4.69, 9.17) is 18.0 Å². The fraction of sp³-hybridized carbons (Fsp3) is 0. The maximum atomic E-state index is 5.78. The molecule has 1 aromatic heterocycles. The second kappa shape index (κ2) is 3.04. The van der Waals surface area contributed by atoms with Crippen molar-refractivity contribution in [1.29, 1.82) is 0 Å². The van der Waals surface area contributed by atoms with E-state index >= 15 is 0 Å². The van der Waals surface area contributed by atoms with Gasteiger partial charge in [0.15, 0.2) is 0 Å². The monoisotopic (exact) mass is 188 g/mol. The van der Waals surface area contributed by atoms with Gasteiger partial charge in [-0.2, -0.15) is 0 Å². The minimum atomic E-state index is 0.537. The van der Waals surface area contributed by atoms with Gasteiger partial charge in [0, 0.05) is 5.02 Å². The van der Waals surface area contributed by atoms with Crippen LogP contribution in [-0.2, 0) is 0 Å². The Morgan fingerprint density at radius 3 is 2.92 bits per heavy atom. The van der Waals surface area contributed by atoms with Gasteiger partial charge in [0.05, 0.1) is 17.2 Å². The minimum absolute atomic E-state index is 0.537. The van der Waals surface area contributed by atoms with Crippen molar-refractivity contribution in [2.24, 2.45) is 0 Å². The second-order valence-corrected chi connectivity index (χ2v) is 2.97. The summed E-state index contributed by atoms with van der Waals surface area (Å²) in [6.45, 7) is 0. The summed E-state index contributed by atoms with van der Waals surface area (Å²) in [4.78, 5) is 8.30. The lowest BCUT2D eigenvalue weighted by molar-refractivity contribution is 1.26.